The largest absolute Gasteiger partial charge is 0.416 e. The SMILES string of the molecule is O=C(CNc1ccc(C(F)(F)F)cc1)N1CCC[C@H](Nc2ncnc3[nH]ccc23)C1. The van der Waals surface area contributed by atoms with Gasteiger partial charge < -0.3 is 20.5 Å². The van der Waals surface area contributed by atoms with Crippen molar-refractivity contribution in [3.8, 4) is 0 Å². The Kier molecular flexibility index (Phi) is 5.47. The van der Waals surface area contributed by atoms with Crippen LogP contribution in [0.2, 0.25) is 0 Å². The van der Waals surface area contributed by atoms with Crippen molar-refractivity contribution in [2.24, 2.45) is 0 Å². The molecule has 0 spiro atoms. The number of carbonyl (C=O) groups excluding carboxylic acids is 1. The molecule has 0 unspecified atom stereocenters. The number of hydrogen-bond acceptors (Lipinski definition) is 5. The van der Waals surface area contributed by atoms with Gasteiger partial charge in [0.15, 0.2) is 0 Å². The number of nitrogens with zero attached hydrogens (tertiary/aromatic N) is 3. The lowest BCUT2D eigenvalue weighted by atomic mass is 10.1. The van der Waals surface area contributed by atoms with E-state index in [0.29, 0.717) is 18.8 Å². The summed E-state index contributed by atoms with van der Waals surface area (Å²) in [6.45, 7) is 1.20. The number of aromatic amines is 1. The molecule has 0 saturated carbocycles. The number of aromatic nitrogens is 3. The van der Waals surface area contributed by atoms with Crippen molar-refractivity contribution in [3.63, 3.8) is 0 Å². The molecule has 4 rings (SSSR count). The number of carbonyl (C=O) groups is 1. The third kappa shape index (κ3) is 4.47. The molecule has 158 valence electrons. The predicted molar refractivity (Wildman–Crippen MR) is 107 cm³/mol. The van der Waals surface area contributed by atoms with Crippen molar-refractivity contribution in [3.05, 3.63) is 48.4 Å². The first-order chi connectivity index (χ1) is 14.4. The highest BCUT2D eigenvalue weighted by Crippen LogP contribution is 2.29. The number of alkyl halides is 3. The van der Waals surface area contributed by atoms with Crippen molar-refractivity contribution < 1.29 is 18.0 Å². The van der Waals surface area contributed by atoms with E-state index < -0.39 is 11.7 Å². The summed E-state index contributed by atoms with van der Waals surface area (Å²) in [7, 11) is 0. The van der Waals surface area contributed by atoms with Crippen LogP contribution >= 0.6 is 0 Å². The molecule has 0 radical (unpaired) electrons. The molecule has 2 aromatic heterocycles. The first-order valence-electron chi connectivity index (χ1n) is 9.64. The van der Waals surface area contributed by atoms with Gasteiger partial charge in [-0.25, -0.2) is 9.97 Å². The standard InChI is InChI=1S/C20H21F3N6O/c21-20(22,23)13-3-5-14(6-4-13)25-10-17(30)29-9-1-2-15(11-29)28-19-16-7-8-24-18(16)26-12-27-19/h3-8,12,15,25H,1-2,9-11H2,(H2,24,26,27,28)/t15-/m0/s1. The van der Waals surface area contributed by atoms with Gasteiger partial charge in [-0.15, -0.1) is 0 Å². The molecule has 0 bridgehead atoms. The summed E-state index contributed by atoms with van der Waals surface area (Å²) in [5.74, 6) is 0.624. The number of anilines is 2. The summed E-state index contributed by atoms with van der Waals surface area (Å²) in [5, 5.41) is 7.19. The molecule has 3 heterocycles. The van der Waals surface area contributed by atoms with Gasteiger partial charge in [0, 0.05) is 31.0 Å². The molecule has 10 heteroatoms. The maximum Gasteiger partial charge on any atom is 0.416 e. The van der Waals surface area contributed by atoms with Crippen molar-refractivity contribution in [1.29, 1.82) is 0 Å². The normalized spacial score (nSPS) is 17.2. The van der Waals surface area contributed by atoms with E-state index in [1.807, 2.05) is 6.07 Å². The van der Waals surface area contributed by atoms with Crippen LogP contribution in [0.4, 0.5) is 24.7 Å². The fourth-order valence-corrected chi connectivity index (χ4v) is 3.57. The van der Waals surface area contributed by atoms with E-state index in [1.165, 1.54) is 18.5 Å². The number of hydrogen-bond donors (Lipinski definition) is 3. The Morgan fingerprint density at radius 1 is 1.20 bits per heavy atom. The molecular formula is C20H21F3N6O. The summed E-state index contributed by atoms with van der Waals surface area (Å²) in [4.78, 5) is 25.9. The second-order valence-electron chi connectivity index (χ2n) is 7.21. The first kappa shape index (κ1) is 20.0. The Hall–Kier alpha value is -3.30. The average Bonchev–Trinajstić information content (AvgIpc) is 3.22. The smallest absolute Gasteiger partial charge is 0.376 e. The fraction of sp³-hybridized carbons (Fsp3) is 0.350. The Balaban J connectivity index is 1.33. The number of H-pyrrole nitrogens is 1. The Morgan fingerprint density at radius 2 is 2.00 bits per heavy atom. The van der Waals surface area contributed by atoms with Gasteiger partial charge in [0.2, 0.25) is 5.91 Å². The molecule has 1 saturated heterocycles. The van der Waals surface area contributed by atoms with Crippen LogP contribution < -0.4 is 10.6 Å². The maximum atomic E-state index is 12.6. The van der Waals surface area contributed by atoms with Crippen LogP contribution in [-0.2, 0) is 11.0 Å². The highest BCUT2D eigenvalue weighted by Gasteiger charge is 2.30. The summed E-state index contributed by atoms with van der Waals surface area (Å²) in [6, 6.07) is 6.61. The van der Waals surface area contributed by atoms with E-state index in [9.17, 15) is 18.0 Å². The van der Waals surface area contributed by atoms with Gasteiger partial charge in [0.1, 0.15) is 17.8 Å². The molecule has 1 fully saturated rings. The van der Waals surface area contributed by atoms with Crippen molar-refractivity contribution >= 4 is 28.4 Å². The van der Waals surface area contributed by atoms with Gasteiger partial charge in [-0.2, -0.15) is 13.2 Å². The Morgan fingerprint density at radius 3 is 2.77 bits per heavy atom. The zero-order valence-electron chi connectivity index (χ0n) is 16.0. The van der Waals surface area contributed by atoms with Crippen LogP contribution in [0.3, 0.4) is 0 Å². The lowest BCUT2D eigenvalue weighted by Crippen LogP contribution is -2.47. The van der Waals surface area contributed by atoms with E-state index in [4.69, 9.17) is 0 Å². The second kappa shape index (κ2) is 8.21. The molecule has 1 aromatic carbocycles. The van der Waals surface area contributed by atoms with Gasteiger partial charge in [-0.3, -0.25) is 4.79 Å². The topological polar surface area (TPSA) is 85.9 Å². The van der Waals surface area contributed by atoms with Crippen LogP contribution in [0.5, 0.6) is 0 Å². The minimum atomic E-state index is -4.38. The van der Waals surface area contributed by atoms with Gasteiger partial charge in [-0.05, 0) is 43.2 Å². The molecule has 1 aliphatic heterocycles. The van der Waals surface area contributed by atoms with E-state index in [1.54, 1.807) is 11.1 Å². The monoisotopic (exact) mass is 418 g/mol. The molecule has 0 aliphatic carbocycles. The lowest BCUT2D eigenvalue weighted by molar-refractivity contribution is -0.137. The third-order valence-electron chi connectivity index (χ3n) is 5.12. The number of rotatable bonds is 5. The van der Waals surface area contributed by atoms with Crippen molar-refractivity contribution in [2.45, 2.75) is 25.1 Å². The first-order valence-corrected chi connectivity index (χ1v) is 9.64. The van der Waals surface area contributed by atoms with Crippen molar-refractivity contribution in [2.75, 3.05) is 30.3 Å². The molecule has 1 atom stereocenters. The van der Waals surface area contributed by atoms with E-state index >= 15 is 0 Å². The van der Waals surface area contributed by atoms with Gasteiger partial charge in [0.25, 0.3) is 0 Å². The average molecular weight is 418 g/mol. The molecule has 30 heavy (non-hydrogen) atoms. The summed E-state index contributed by atoms with van der Waals surface area (Å²) in [6.07, 6.45) is 0.673. The van der Waals surface area contributed by atoms with Crippen LogP contribution in [-0.4, -0.2) is 51.4 Å². The number of halogens is 3. The summed E-state index contributed by atoms with van der Waals surface area (Å²) >= 11 is 0. The highest BCUT2D eigenvalue weighted by molar-refractivity contribution is 5.87. The molecule has 3 N–H and O–H groups in total. The third-order valence-corrected chi connectivity index (χ3v) is 5.12. The molecule has 1 aliphatic rings. The van der Waals surface area contributed by atoms with Crippen LogP contribution in [0, 0.1) is 0 Å². The van der Waals surface area contributed by atoms with Crippen molar-refractivity contribution in [1.82, 2.24) is 19.9 Å². The summed E-state index contributed by atoms with van der Waals surface area (Å²) in [5.41, 5.74) is 0.501. The second-order valence-corrected chi connectivity index (χ2v) is 7.21. The quantitative estimate of drug-likeness (QED) is 0.591. The van der Waals surface area contributed by atoms with E-state index in [-0.39, 0.29) is 18.5 Å². The van der Waals surface area contributed by atoms with E-state index in [0.717, 1.165) is 41.8 Å². The zero-order chi connectivity index (χ0) is 21.1. The van der Waals surface area contributed by atoms with E-state index in [2.05, 4.69) is 25.6 Å². The number of amides is 1. The Bertz CT molecular complexity index is 1020. The van der Waals surface area contributed by atoms with Gasteiger partial charge >= 0.3 is 6.18 Å². The number of likely N-dealkylation sites (tertiary alicyclic amines) is 1. The fourth-order valence-electron chi connectivity index (χ4n) is 3.57. The van der Waals surface area contributed by atoms with Crippen LogP contribution in [0.25, 0.3) is 11.0 Å². The number of fused-ring (bicyclic) bond motifs is 1. The minimum Gasteiger partial charge on any atom is -0.376 e. The number of benzene rings is 1. The zero-order valence-corrected chi connectivity index (χ0v) is 16.0. The number of piperidine rings is 1. The molecule has 7 nitrogen and oxygen atoms in total. The van der Waals surface area contributed by atoms with Crippen LogP contribution in [0.1, 0.15) is 18.4 Å². The molecule has 1 amide bonds. The molecular weight excluding hydrogens is 397 g/mol. The Labute approximate surface area is 170 Å². The predicted octanol–water partition coefficient (Wildman–Crippen LogP) is 3.49. The van der Waals surface area contributed by atoms with Gasteiger partial charge in [-0.1, -0.05) is 0 Å². The number of nitrogens with one attached hydrogen (secondary N) is 3. The molecule has 3 aromatic rings. The van der Waals surface area contributed by atoms with Gasteiger partial charge in [0.05, 0.1) is 17.5 Å². The van der Waals surface area contributed by atoms with Crippen LogP contribution in [0.15, 0.2) is 42.9 Å². The lowest BCUT2D eigenvalue weighted by Gasteiger charge is -2.33. The maximum absolute atomic E-state index is 12.6. The minimum absolute atomic E-state index is 0.0215. The summed E-state index contributed by atoms with van der Waals surface area (Å²) < 4.78 is 37.9. The highest BCUT2D eigenvalue weighted by atomic mass is 19.4.